The minimum atomic E-state index is 0.596. The molecule has 1 aromatic heterocycles. The summed E-state index contributed by atoms with van der Waals surface area (Å²) in [6.45, 7) is 9.13. The molecule has 1 N–H and O–H groups in total. The highest BCUT2D eigenvalue weighted by molar-refractivity contribution is 7.07. The van der Waals surface area contributed by atoms with Crippen LogP contribution < -0.4 is 5.32 Å². The second kappa shape index (κ2) is 6.47. The van der Waals surface area contributed by atoms with Gasteiger partial charge in [0.2, 0.25) is 0 Å². The molecule has 0 radical (unpaired) electrons. The molecule has 0 aromatic carbocycles. The highest BCUT2D eigenvalue weighted by Gasteiger charge is 2.19. The molecule has 1 aromatic rings. The first-order chi connectivity index (χ1) is 8.25. The lowest BCUT2D eigenvalue weighted by atomic mass is 9.98. The molecule has 96 valence electrons. The van der Waals surface area contributed by atoms with Gasteiger partial charge in [0.25, 0.3) is 0 Å². The first-order valence-corrected chi connectivity index (χ1v) is 7.52. The van der Waals surface area contributed by atoms with Gasteiger partial charge in [-0.05, 0) is 45.7 Å². The minimum Gasteiger partial charge on any atom is -0.316 e. The molecule has 0 aliphatic carbocycles. The molecule has 1 aliphatic heterocycles. The normalized spacial score (nSPS) is 21.3. The van der Waals surface area contributed by atoms with E-state index >= 15 is 0 Å². The Bertz CT molecular complexity index is 304. The molecule has 1 saturated heterocycles. The second-order valence-electron chi connectivity index (χ2n) is 5.22. The summed E-state index contributed by atoms with van der Waals surface area (Å²) in [6.07, 6.45) is 2.70. The summed E-state index contributed by atoms with van der Waals surface area (Å²) in [7, 11) is 0. The van der Waals surface area contributed by atoms with Crippen LogP contribution in [0.3, 0.4) is 0 Å². The van der Waals surface area contributed by atoms with Gasteiger partial charge in [0, 0.05) is 24.5 Å². The predicted molar refractivity (Wildman–Crippen MR) is 73.3 cm³/mol. The van der Waals surface area contributed by atoms with Crippen LogP contribution in [0.2, 0.25) is 0 Å². The summed E-state index contributed by atoms with van der Waals surface area (Å²) in [5.41, 5.74) is 3.14. The number of hydrogen-bond acceptors (Lipinski definition) is 4. The van der Waals surface area contributed by atoms with Crippen LogP contribution in [-0.4, -0.2) is 35.6 Å². The van der Waals surface area contributed by atoms with E-state index in [9.17, 15) is 0 Å². The van der Waals surface area contributed by atoms with Gasteiger partial charge >= 0.3 is 0 Å². The van der Waals surface area contributed by atoms with Crippen molar-refractivity contribution in [2.45, 2.75) is 39.3 Å². The summed E-state index contributed by atoms with van der Waals surface area (Å²) in [6, 6.07) is 0.596. The summed E-state index contributed by atoms with van der Waals surface area (Å²) in [5.74, 6) is 0.810. The van der Waals surface area contributed by atoms with Crippen LogP contribution in [0.25, 0.3) is 0 Å². The molecule has 1 aliphatic rings. The van der Waals surface area contributed by atoms with Crippen molar-refractivity contribution in [3.8, 4) is 0 Å². The number of hydrogen-bond donors (Lipinski definition) is 1. The third-order valence-corrected chi connectivity index (χ3v) is 4.11. The molecule has 0 spiro atoms. The van der Waals surface area contributed by atoms with Gasteiger partial charge in [0.05, 0.1) is 11.2 Å². The summed E-state index contributed by atoms with van der Waals surface area (Å²) in [5, 5.41) is 5.66. The summed E-state index contributed by atoms with van der Waals surface area (Å²) in [4.78, 5) is 6.94. The Kier molecular flexibility index (Phi) is 4.95. The highest BCUT2D eigenvalue weighted by Crippen LogP contribution is 2.16. The van der Waals surface area contributed by atoms with Gasteiger partial charge in [-0.2, -0.15) is 0 Å². The van der Waals surface area contributed by atoms with Gasteiger partial charge in [-0.15, -0.1) is 11.3 Å². The number of nitrogens with zero attached hydrogens (tertiary/aromatic N) is 2. The third-order valence-electron chi connectivity index (χ3n) is 3.47. The smallest absolute Gasteiger partial charge is 0.0795 e. The molecule has 1 unspecified atom stereocenters. The largest absolute Gasteiger partial charge is 0.316 e. The zero-order valence-electron chi connectivity index (χ0n) is 10.9. The lowest BCUT2D eigenvalue weighted by Gasteiger charge is -2.32. The third kappa shape index (κ3) is 4.05. The fourth-order valence-electron chi connectivity index (χ4n) is 2.39. The topological polar surface area (TPSA) is 28.2 Å². The van der Waals surface area contributed by atoms with E-state index in [4.69, 9.17) is 0 Å². The first-order valence-electron chi connectivity index (χ1n) is 6.57. The monoisotopic (exact) mass is 253 g/mol. The maximum Gasteiger partial charge on any atom is 0.0795 e. The lowest BCUT2D eigenvalue weighted by Crippen LogP contribution is -2.40. The molecule has 17 heavy (non-hydrogen) atoms. The van der Waals surface area contributed by atoms with Gasteiger partial charge in [-0.25, -0.2) is 4.98 Å². The van der Waals surface area contributed by atoms with Crippen LogP contribution in [-0.2, 0) is 6.54 Å². The predicted octanol–water partition coefficient (Wildman–Crippen LogP) is 2.35. The van der Waals surface area contributed by atoms with Gasteiger partial charge in [0.15, 0.2) is 0 Å². The van der Waals surface area contributed by atoms with Gasteiger partial charge in [0.1, 0.15) is 0 Å². The standard InChI is InChI=1S/C13H23N3S/c1-11(2)16(8-13-9-17-10-15-13)7-12-4-3-5-14-6-12/h9-12,14H,3-8H2,1-2H3. The average molecular weight is 253 g/mol. The fourth-order valence-corrected chi connectivity index (χ4v) is 2.94. The van der Waals surface area contributed by atoms with E-state index in [-0.39, 0.29) is 0 Å². The zero-order chi connectivity index (χ0) is 12.1. The molecule has 0 saturated carbocycles. The van der Waals surface area contributed by atoms with E-state index in [2.05, 4.69) is 34.4 Å². The number of rotatable bonds is 5. The number of piperidine rings is 1. The van der Waals surface area contributed by atoms with Gasteiger partial charge in [-0.1, -0.05) is 0 Å². The Morgan fingerprint density at radius 3 is 3.06 bits per heavy atom. The van der Waals surface area contributed by atoms with Gasteiger partial charge in [-0.3, -0.25) is 4.90 Å². The SMILES string of the molecule is CC(C)N(Cc1cscn1)CC1CCCNC1. The van der Waals surface area contributed by atoms with Crippen molar-refractivity contribution < 1.29 is 0 Å². The molecule has 0 bridgehead atoms. The molecule has 1 atom stereocenters. The van der Waals surface area contributed by atoms with Crippen LogP contribution in [0.1, 0.15) is 32.4 Å². The average Bonchev–Trinajstić information content (AvgIpc) is 2.82. The van der Waals surface area contributed by atoms with Crippen LogP contribution in [0, 0.1) is 5.92 Å². The number of nitrogens with one attached hydrogen (secondary N) is 1. The van der Waals surface area contributed by atoms with Crippen molar-refractivity contribution >= 4 is 11.3 Å². The van der Waals surface area contributed by atoms with Crippen molar-refractivity contribution in [3.05, 3.63) is 16.6 Å². The van der Waals surface area contributed by atoms with Crippen LogP contribution >= 0.6 is 11.3 Å². The minimum absolute atomic E-state index is 0.596. The maximum absolute atomic E-state index is 4.39. The van der Waals surface area contributed by atoms with E-state index < -0.39 is 0 Å². The maximum atomic E-state index is 4.39. The fraction of sp³-hybridized carbons (Fsp3) is 0.769. The Balaban J connectivity index is 1.87. The Hall–Kier alpha value is -0.450. The Labute approximate surface area is 108 Å². The highest BCUT2D eigenvalue weighted by atomic mass is 32.1. The van der Waals surface area contributed by atoms with Crippen molar-refractivity contribution in [3.63, 3.8) is 0 Å². The number of thiazole rings is 1. The Morgan fingerprint density at radius 1 is 1.59 bits per heavy atom. The number of aromatic nitrogens is 1. The van der Waals surface area contributed by atoms with Crippen molar-refractivity contribution in [1.82, 2.24) is 15.2 Å². The molecule has 3 nitrogen and oxygen atoms in total. The summed E-state index contributed by atoms with van der Waals surface area (Å²) >= 11 is 1.69. The lowest BCUT2D eigenvalue weighted by molar-refractivity contribution is 0.162. The quantitative estimate of drug-likeness (QED) is 0.873. The second-order valence-corrected chi connectivity index (χ2v) is 5.93. The summed E-state index contributed by atoms with van der Waals surface area (Å²) < 4.78 is 0. The molecule has 0 amide bonds. The van der Waals surface area contributed by atoms with Crippen LogP contribution in [0.15, 0.2) is 10.9 Å². The first kappa shape index (κ1) is 13.0. The molecular formula is C13H23N3S. The molecule has 2 rings (SSSR count). The molecular weight excluding hydrogens is 230 g/mol. The van der Waals surface area contributed by atoms with Gasteiger partial charge < -0.3 is 5.32 Å². The van der Waals surface area contributed by atoms with Crippen molar-refractivity contribution in [2.75, 3.05) is 19.6 Å². The van der Waals surface area contributed by atoms with Crippen molar-refractivity contribution in [1.29, 1.82) is 0 Å². The molecule has 1 fully saturated rings. The Morgan fingerprint density at radius 2 is 2.47 bits per heavy atom. The van der Waals surface area contributed by atoms with E-state index in [1.807, 2.05) is 5.51 Å². The van der Waals surface area contributed by atoms with E-state index in [1.165, 1.54) is 38.2 Å². The van der Waals surface area contributed by atoms with Crippen molar-refractivity contribution in [2.24, 2.45) is 5.92 Å². The molecule has 4 heteroatoms. The van der Waals surface area contributed by atoms with Crippen LogP contribution in [0.5, 0.6) is 0 Å². The van der Waals surface area contributed by atoms with E-state index in [0.717, 1.165) is 12.5 Å². The van der Waals surface area contributed by atoms with E-state index in [0.29, 0.717) is 6.04 Å². The van der Waals surface area contributed by atoms with Crippen LogP contribution in [0.4, 0.5) is 0 Å². The zero-order valence-corrected chi connectivity index (χ0v) is 11.7. The molecule has 2 heterocycles. The van der Waals surface area contributed by atoms with E-state index in [1.54, 1.807) is 11.3 Å².